The molecule has 1 heterocycles. The Morgan fingerprint density at radius 3 is 2.15 bits per heavy atom. The van der Waals surface area contributed by atoms with Gasteiger partial charge in [-0.1, -0.05) is 98.8 Å². The molecule has 0 N–H and O–H groups in total. The topological polar surface area (TPSA) is 16.4 Å². The lowest BCUT2D eigenvalue weighted by Crippen LogP contribution is -2.16. The second-order valence-corrected chi connectivity index (χ2v) is 11.0. The summed E-state index contributed by atoms with van der Waals surface area (Å²) in [5, 5.41) is 4.65. The summed E-state index contributed by atoms with van der Waals surface area (Å²) in [6.45, 7) is 4.68. The summed E-state index contributed by atoms with van der Waals surface area (Å²) in [7, 11) is 0. The molecule has 0 radical (unpaired) electrons. The summed E-state index contributed by atoms with van der Waals surface area (Å²) in [6, 6.07) is 45.8. The van der Waals surface area contributed by atoms with Crippen LogP contribution in [-0.4, -0.2) is 0 Å². The Hall–Kier alpha value is -4.82. The third-order valence-corrected chi connectivity index (χ3v) is 8.44. The maximum Gasteiger partial charge on any atom is 0.136 e. The number of nitrogens with zero attached hydrogens (tertiary/aromatic N) is 1. The van der Waals surface area contributed by atoms with E-state index < -0.39 is 0 Å². The van der Waals surface area contributed by atoms with E-state index in [0.717, 1.165) is 38.7 Å². The SMILES string of the molecule is CC1(C)c2ccccc2-c2c(N(c3ccccc3)c3cccc4cc5oc6ccccc6c5cc34)cccc21. The molecule has 0 saturated heterocycles. The molecule has 8 rings (SSSR count). The quantitative estimate of drug-likeness (QED) is 0.239. The number of fused-ring (bicyclic) bond motifs is 7. The molecule has 0 bridgehead atoms. The normalized spacial score (nSPS) is 13.6. The lowest BCUT2D eigenvalue weighted by molar-refractivity contribution is 0.660. The monoisotopic (exact) mass is 501 g/mol. The van der Waals surface area contributed by atoms with Crippen molar-refractivity contribution in [3.8, 4) is 11.1 Å². The van der Waals surface area contributed by atoms with Crippen LogP contribution in [0.1, 0.15) is 25.0 Å². The third-order valence-electron chi connectivity index (χ3n) is 8.44. The number of furan rings is 1. The zero-order valence-electron chi connectivity index (χ0n) is 22.0. The van der Waals surface area contributed by atoms with Gasteiger partial charge in [-0.3, -0.25) is 0 Å². The number of hydrogen-bond donors (Lipinski definition) is 0. The van der Waals surface area contributed by atoms with Crippen molar-refractivity contribution in [2.75, 3.05) is 4.90 Å². The molecule has 0 saturated carbocycles. The van der Waals surface area contributed by atoms with Gasteiger partial charge in [0.05, 0.1) is 11.4 Å². The molecule has 0 fully saturated rings. The first-order valence-corrected chi connectivity index (χ1v) is 13.5. The molecule has 0 atom stereocenters. The Morgan fingerprint density at radius 1 is 0.538 bits per heavy atom. The van der Waals surface area contributed by atoms with Crippen LogP contribution >= 0.6 is 0 Å². The summed E-state index contributed by atoms with van der Waals surface area (Å²) < 4.78 is 6.24. The predicted molar refractivity (Wildman–Crippen MR) is 163 cm³/mol. The van der Waals surface area contributed by atoms with Crippen molar-refractivity contribution in [3.05, 3.63) is 139 Å². The van der Waals surface area contributed by atoms with Gasteiger partial charge >= 0.3 is 0 Å². The van der Waals surface area contributed by atoms with Crippen LogP contribution in [0.25, 0.3) is 43.8 Å². The van der Waals surface area contributed by atoms with Gasteiger partial charge in [-0.05, 0) is 64.5 Å². The lowest BCUT2D eigenvalue weighted by Gasteiger charge is -2.29. The van der Waals surface area contributed by atoms with Crippen LogP contribution in [0.4, 0.5) is 17.1 Å². The lowest BCUT2D eigenvalue weighted by atomic mass is 9.82. The maximum absolute atomic E-state index is 6.24. The van der Waals surface area contributed by atoms with Crippen LogP contribution in [-0.2, 0) is 5.41 Å². The molecule has 0 aliphatic heterocycles. The van der Waals surface area contributed by atoms with Crippen molar-refractivity contribution in [1.82, 2.24) is 0 Å². The van der Waals surface area contributed by atoms with E-state index in [4.69, 9.17) is 4.42 Å². The van der Waals surface area contributed by atoms with Gasteiger partial charge in [-0.2, -0.15) is 0 Å². The van der Waals surface area contributed by atoms with Crippen molar-refractivity contribution >= 4 is 49.8 Å². The van der Waals surface area contributed by atoms with Gasteiger partial charge in [0, 0.05) is 32.8 Å². The minimum absolute atomic E-state index is 0.0646. The number of hydrogen-bond acceptors (Lipinski definition) is 2. The fourth-order valence-electron chi connectivity index (χ4n) is 6.58. The minimum atomic E-state index is -0.0646. The first kappa shape index (κ1) is 22.2. The molecule has 6 aromatic carbocycles. The highest BCUT2D eigenvalue weighted by atomic mass is 16.3. The number of para-hydroxylation sites is 2. The van der Waals surface area contributed by atoms with Gasteiger partial charge in [-0.15, -0.1) is 0 Å². The van der Waals surface area contributed by atoms with Crippen molar-refractivity contribution in [1.29, 1.82) is 0 Å². The van der Waals surface area contributed by atoms with Gasteiger partial charge in [0.15, 0.2) is 0 Å². The van der Waals surface area contributed by atoms with E-state index in [1.165, 1.54) is 33.3 Å². The average Bonchev–Trinajstić information content (AvgIpc) is 3.45. The van der Waals surface area contributed by atoms with Crippen molar-refractivity contribution < 1.29 is 4.42 Å². The zero-order valence-corrected chi connectivity index (χ0v) is 22.0. The molecule has 0 unspecified atom stereocenters. The number of anilines is 3. The van der Waals surface area contributed by atoms with Crippen LogP contribution in [0.5, 0.6) is 0 Å². The standard InChI is InChI=1S/C37H27NO/c1-37(2)30-17-8-6-16-27(30)36-31(37)18-11-20-33(36)38(25-13-4-3-5-14-25)32-19-10-12-24-22-35-29(23-28(24)32)26-15-7-9-21-34(26)39-35/h3-23H,1-2H3. The Bertz CT molecular complexity index is 2050. The zero-order chi connectivity index (χ0) is 26.1. The van der Waals surface area contributed by atoms with Gasteiger partial charge in [0.2, 0.25) is 0 Å². The molecule has 1 aliphatic rings. The van der Waals surface area contributed by atoms with Crippen LogP contribution in [0.15, 0.2) is 132 Å². The van der Waals surface area contributed by atoms with Crippen LogP contribution in [0, 0.1) is 0 Å². The first-order valence-electron chi connectivity index (χ1n) is 13.5. The van der Waals surface area contributed by atoms with E-state index in [-0.39, 0.29) is 5.41 Å². The summed E-state index contributed by atoms with van der Waals surface area (Å²) in [5.41, 5.74) is 10.6. The Balaban J connectivity index is 1.46. The summed E-state index contributed by atoms with van der Waals surface area (Å²) in [4.78, 5) is 2.44. The van der Waals surface area contributed by atoms with E-state index in [2.05, 4.69) is 134 Å². The molecular formula is C37H27NO. The molecule has 39 heavy (non-hydrogen) atoms. The van der Waals surface area contributed by atoms with Crippen molar-refractivity contribution in [3.63, 3.8) is 0 Å². The van der Waals surface area contributed by atoms with E-state index in [1.54, 1.807) is 0 Å². The Labute approximate surface area is 227 Å². The molecule has 0 spiro atoms. The van der Waals surface area contributed by atoms with Crippen molar-refractivity contribution in [2.24, 2.45) is 0 Å². The summed E-state index contributed by atoms with van der Waals surface area (Å²) in [5.74, 6) is 0. The Kier molecular flexibility index (Phi) is 4.60. The minimum Gasteiger partial charge on any atom is -0.456 e. The molecule has 1 aliphatic carbocycles. The van der Waals surface area contributed by atoms with E-state index >= 15 is 0 Å². The summed E-state index contributed by atoms with van der Waals surface area (Å²) in [6.07, 6.45) is 0. The second-order valence-electron chi connectivity index (χ2n) is 11.0. The largest absolute Gasteiger partial charge is 0.456 e. The van der Waals surface area contributed by atoms with Crippen molar-refractivity contribution in [2.45, 2.75) is 19.3 Å². The highest BCUT2D eigenvalue weighted by molar-refractivity contribution is 6.13. The molecule has 7 aromatic rings. The van der Waals surface area contributed by atoms with Gasteiger partial charge in [0.25, 0.3) is 0 Å². The first-order chi connectivity index (χ1) is 19.1. The van der Waals surface area contributed by atoms with E-state index in [1.807, 2.05) is 12.1 Å². The second kappa shape index (κ2) is 8.09. The van der Waals surface area contributed by atoms with Crippen LogP contribution in [0.2, 0.25) is 0 Å². The van der Waals surface area contributed by atoms with E-state index in [9.17, 15) is 0 Å². The maximum atomic E-state index is 6.24. The van der Waals surface area contributed by atoms with Gasteiger partial charge in [0.1, 0.15) is 11.2 Å². The fourth-order valence-corrected chi connectivity index (χ4v) is 6.58. The molecule has 1 aromatic heterocycles. The highest BCUT2D eigenvalue weighted by Crippen LogP contribution is 2.54. The van der Waals surface area contributed by atoms with E-state index in [0.29, 0.717) is 0 Å². The molecule has 186 valence electrons. The number of benzene rings is 6. The molecule has 2 nitrogen and oxygen atoms in total. The third kappa shape index (κ3) is 3.15. The smallest absolute Gasteiger partial charge is 0.136 e. The summed E-state index contributed by atoms with van der Waals surface area (Å²) >= 11 is 0. The predicted octanol–water partition coefficient (Wildman–Crippen LogP) is 10.5. The Morgan fingerprint density at radius 2 is 1.26 bits per heavy atom. The average molecular weight is 502 g/mol. The van der Waals surface area contributed by atoms with Crippen LogP contribution < -0.4 is 4.90 Å². The fraction of sp³-hybridized carbons (Fsp3) is 0.0811. The van der Waals surface area contributed by atoms with Gasteiger partial charge in [-0.25, -0.2) is 0 Å². The van der Waals surface area contributed by atoms with Crippen LogP contribution in [0.3, 0.4) is 0 Å². The molecular weight excluding hydrogens is 474 g/mol. The molecule has 0 amide bonds. The number of rotatable bonds is 3. The molecule has 2 heteroatoms. The van der Waals surface area contributed by atoms with Gasteiger partial charge < -0.3 is 9.32 Å². The highest BCUT2D eigenvalue weighted by Gasteiger charge is 2.37.